The number of likely N-dealkylation sites (tertiary alicyclic amines) is 1. The molecule has 1 saturated heterocycles. The van der Waals surface area contributed by atoms with Crippen molar-refractivity contribution in [3.63, 3.8) is 0 Å². The summed E-state index contributed by atoms with van der Waals surface area (Å²) in [5.74, 6) is 0. The summed E-state index contributed by atoms with van der Waals surface area (Å²) in [6, 6.07) is -0.250. The van der Waals surface area contributed by atoms with E-state index in [1.807, 2.05) is 0 Å². The van der Waals surface area contributed by atoms with Gasteiger partial charge in [-0.1, -0.05) is 0 Å². The standard InChI is InChI=1S/C6H11F2N/c1-4-6(8)5(7)3-9(4)2/h4-6H,3H2,1-2H3. The zero-order chi connectivity index (χ0) is 7.02. The molecule has 3 heteroatoms. The van der Waals surface area contributed by atoms with Gasteiger partial charge in [0.1, 0.15) is 12.3 Å². The van der Waals surface area contributed by atoms with Crippen molar-refractivity contribution in [2.45, 2.75) is 25.3 Å². The lowest BCUT2D eigenvalue weighted by Crippen LogP contribution is -2.26. The average Bonchev–Trinajstić information content (AvgIpc) is 1.98. The molecule has 0 aromatic heterocycles. The SMILES string of the molecule is CC1C(F)C(F)CN1C. The molecule has 0 aliphatic carbocycles. The van der Waals surface area contributed by atoms with Crippen molar-refractivity contribution in [2.75, 3.05) is 13.6 Å². The van der Waals surface area contributed by atoms with E-state index in [0.717, 1.165) is 0 Å². The molecule has 0 spiro atoms. The predicted octanol–water partition coefficient (Wildman–Crippen LogP) is 0.997. The Hall–Kier alpha value is -0.180. The van der Waals surface area contributed by atoms with E-state index in [9.17, 15) is 8.78 Å². The zero-order valence-electron chi connectivity index (χ0n) is 5.64. The van der Waals surface area contributed by atoms with Gasteiger partial charge >= 0.3 is 0 Å². The van der Waals surface area contributed by atoms with Crippen molar-refractivity contribution in [1.29, 1.82) is 0 Å². The van der Waals surface area contributed by atoms with Gasteiger partial charge in [0.25, 0.3) is 0 Å². The summed E-state index contributed by atoms with van der Waals surface area (Å²) in [4.78, 5) is 1.69. The number of hydrogen-bond donors (Lipinski definition) is 0. The molecular formula is C6H11F2N. The minimum atomic E-state index is -1.28. The van der Waals surface area contributed by atoms with Crippen molar-refractivity contribution in [3.8, 4) is 0 Å². The molecule has 0 saturated carbocycles. The van der Waals surface area contributed by atoms with Gasteiger partial charge in [0.2, 0.25) is 0 Å². The van der Waals surface area contributed by atoms with Crippen LogP contribution in [-0.2, 0) is 0 Å². The third-order valence-corrected chi connectivity index (χ3v) is 1.96. The maximum atomic E-state index is 12.5. The van der Waals surface area contributed by atoms with E-state index in [2.05, 4.69) is 0 Å². The van der Waals surface area contributed by atoms with Crippen LogP contribution in [0.25, 0.3) is 0 Å². The number of rotatable bonds is 0. The molecule has 1 heterocycles. The largest absolute Gasteiger partial charge is 0.298 e. The number of halogens is 2. The van der Waals surface area contributed by atoms with Crippen molar-refractivity contribution >= 4 is 0 Å². The second-order valence-electron chi connectivity index (χ2n) is 2.64. The molecular weight excluding hydrogens is 124 g/mol. The summed E-state index contributed by atoms with van der Waals surface area (Å²) in [5, 5.41) is 0. The van der Waals surface area contributed by atoms with Gasteiger partial charge in [-0.2, -0.15) is 0 Å². The minimum Gasteiger partial charge on any atom is -0.298 e. The van der Waals surface area contributed by atoms with Crippen LogP contribution >= 0.6 is 0 Å². The van der Waals surface area contributed by atoms with E-state index in [0.29, 0.717) is 0 Å². The Labute approximate surface area is 53.6 Å². The molecule has 0 radical (unpaired) electrons. The zero-order valence-corrected chi connectivity index (χ0v) is 5.64. The van der Waals surface area contributed by atoms with E-state index in [1.165, 1.54) is 0 Å². The highest BCUT2D eigenvalue weighted by atomic mass is 19.2. The quantitative estimate of drug-likeness (QED) is 0.479. The van der Waals surface area contributed by atoms with Gasteiger partial charge < -0.3 is 0 Å². The van der Waals surface area contributed by atoms with Crippen LogP contribution < -0.4 is 0 Å². The second kappa shape index (κ2) is 2.21. The van der Waals surface area contributed by atoms with E-state index < -0.39 is 12.3 Å². The first kappa shape index (κ1) is 6.93. The van der Waals surface area contributed by atoms with Crippen LogP contribution in [0, 0.1) is 0 Å². The minimum absolute atomic E-state index is 0.238. The Bertz CT molecular complexity index is 95.2. The fourth-order valence-electron chi connectivity index (χ4n) is 1.09. The topological polar surface area (TPSA) is 3.24 Å². The number of alkyl halides is 2. The van der Waals surface area contributed by atoms with E-state index in [4.69, 9.17) is 0 Å². The summed E-state index contributed by atoms with van der Waals surface area (Å²) in [5.41, 5.74) is 0. The van der Waals surface area contributed by atoms with Gasteiger partial charge in [-0.3, -0.25) is 4.90 Å². The molecule has 1 rings (SSSR count). The van der Waals surface area contributed by atoms with Gasteiger partial charge in [0.15, 0.2) is 0 Å². The van der Waals surface area contributed by atoms with Crippen LogP contribution in [0.4, 0.5) is 8.78 Å². The fourth-order valence-corrected chi connectivity index (χ4v) is 1.09. The molecule has 54 valence electrons. The molecule has 1 aliphatic rings. The number of hydrogen-bond acceptors (Lipinski definition) is 1. The van der Waals surface area contributed by atoms with Crippen LogP contribution in [0.2, 0.25) is 0 Å². The highest BCUT2D eigenvalue weighted by Crippen LogP contribution is 2.21. The summed E-state index contributed by atoms with van der Waals surface area (Å²) < 4.78 is 24.9. The first-order valence-corrected chi connectivity index (χ1v) is 3.11. The van der Waals surface area contributed by atoms with E-state index in [1.54, 1.807) is 18.9 Å². The highest BCUT2D eigenvalue weighted by molar-refractivity contribution is 4.89. The molecule has 0 aromatic rings. The van der Waals surface area contributed by atoms with Crippen LogP contribution in [0.15, 0.2) is 0 Å². The highest BCUT2D eigenvalue weighted by Gasteiger charge is 2.37. The van der Waals surface area contributed by atoms with Crippen molar-refractivity contribution in [1.82, 2.24) is 4.90 Å². The maximum absolute atomic E-state index is 12.5. The molecule has 1 aliphatic heterocycles. The molecule has 3 atom stereocenters. The fraction of sp³-hybridized carbons (Fsp3) is 1.00. The summed E-state index contributed by atoms with van der Waals surface area (Å²) >= 11 is 0. The molecule has 0 bridgehead atoms. The lowest BCUT2D eigenvalue weighted by molar-refractivity contribution is 0.188. The van der Waals surface area contributed by atoms with Crippen LogP contribution in [-0.4, -0.2) is 36.9 Å². The van der Waals surface area contributed by atoms with Gasteiger partial charge in [-0.15, -0.1) is 0 Å². The van der Waals surface area contributed by atoms with Crippen LogP contribution in [0.5, 0.6) is 0 Å². The Morgan fingerprint density at radius 3 is 2.11 bits per heavy atom. The van der Waals surface area contributed by atoms with Crippen molar-refractivity contribution < 1.29 is 8.78 Å². The Morgan fingerprint density at radius 1 is 1.44 bits per heavy atom. The number of nitrogens with zero attached hydrogens (tertiary/aromatic N) is 1. The molecule has 9 heavy (non-hydrogen) atoms. The van der Waals surface area contributed by atoms with Crippen LogP contribution in [0.1, 0.15) is 6.92 Å². The monoisotopic (exact) mass is 135 g/mol. The van der Waals surface area contributed by atoms with E-state index in [-0.39, 0.29) is 12.6 Å². The third-order valence-electron chi connectivity index (χ3n) is 1.96. The summed E-state index contributed by atoms with van der Waals surface area (Å²) in [6.07, 6.45) is -2.56. The van der Waals surface area contributed by atoms with Gasteiger partial charge in [-0.25, -0.2) is 8.78 Å². The van der Waals surface area contributed by atoms with Crippen molar-refractivity contribution in [3.05, 3.63) is 0 Å². The smallest absolute Gasteiger partial charge is 0.148 e. The molecule has 3 unspecified atom stereocenters. The lowest BCUT2D eigenvalue weighted by Gasteiger charge is -2.13. The first-order valence-electron chi connectivity index (χ1n) is 3.11. The first-order chi connectivity index (χ1) is 4.13. The average molecular weight is 135 g/mol. The summed E-state index contributed by atoms with van der Waals surface area (Å²) in [7, 11) is 1.73. The second-order valence-corrected chi connectivity index (χ2v) is 2.64. The van der Waals surface area contributed by atoms with Crippen LogP contribution in [0.3, 0.4) is 0 Å². The Morgan fingerprint density at radius 2 is 2.00 bits per heavy atom. The molecule has 1 nitrogen and oxygen atoms in total. The molecule has 1 fully saturated rings. The van der Waals surface area contributed by atoms with Gasteiger partial charge in [0, 0.05) is 12.6 Å². The summed E-state index contributed by atoms with van der Waals surface area (Å²) in [6.45, 7) is 1.94. The third kappa shape index (κ3) is 1.06. The maximum Gasteiger partial charge on any atom is 0.148 e. The van der Waals surface area contributed by atoms with E-state index >= 15 is 0 Å². The molecule has 0 amide bonds. The Kier molecular flexibility index (Phi) is 1.70. The molecule has 0 aromatic carbocycles. The van der Waals surface area contributed by atoms with Gasteiger partial charge in [0.05, 0.1) is 0 Å². The lowest BCUT2D eigenvalue weighted by atomic mass is 10.2. The van der Waals surface area contributed by atoms with Crippen molar-refractivity contribution in [2.24, 2.45) is 0 Å². The van der Waals surface area contributed by atoms with Gasteiger partial charge in [-0.05, 0) is 14.0 Å². The normalized spacial score (nSPS) is 46.0. The predicted molar refractivity (Wildman–Crippen MR) is 31.9 cm³/mol. The Balaban J connectivity index is 2.54. The molecule has 0 N–H and O–H groups in total.